The minimum absolute atomic E-state index is 0. The molecule has 3 amide bonds. The van der Waals surface area contributed by atoms with E-state index in [1.54, 1.807) is 0 Å². The fraction of sp³-hybridized carbons (Fsp3) is 0.750. The molecule has 0 rings (SSSR count). The number of amides is 3. The third kappa shape index (κ3) is 37.9. The average Bonchev–Trinajstić information content (AvgIpc) is 2.95. The Morgan fingerprint density at radius 2 is 0.622 bits per heavy atom. The molecule has 0 bridgehead atoms. The Hall–Kier alpha value is -0.420. The second-order valence-corrected chi connectivity index (χ2v) is 8.78. The van der Waals surface area contributed by atoms with Gasteiger partial charge in [-0.1, -0.05) is 0 Å². The maximum atomic E-state index is 10.8. The summed E-state index contributed by atoms with van der Waals surface area (Å²) in [5.41, 5.74) is 30.8. The maximum absolute atomic E-state index is 10.8. The monoisotopic (exact) mass is 675 g/mol. The predicted molar refractivity (Wildman–Crippen MR) is 147 cm³/mol. The van der Waals surface area contributed by atoms with Crippen LogP contribution in [0.4, 0.5) is 0 Å². The standard InChI is InChI=1S/3C8H17N3O3.3Na/c3*9-4-2-1-3-6(8(13)14)11-7(12)5-10;;;/h3*6H,1-5,9-10H2,(H,11,12)(H,13,14);;;/q;;;3*+1/p-3/t3*6-;;;/m000.../s1. The van der Waals surface area contributed by atoms with Crippen LogP contribution in [0.5, 0.6) is 0 Å². The van der Waals surface area contributed by atoms with Gasteiger partial charge in [-0.05, 0) is 77.4 Å². The van der Waals surface area contributed by atoms with Crippen molar-refractivity contribution in [3.8, 4) is 0 Å². The molecule has 0 fully saturated rings. The summed E-state index contributed by atoms with van der Waals surface area (Å²) in [6.45, 7) is 0.849. The Balaban J connectivity index is -0.000000123. The van der Waals surface area contributed by atoms with Crippen LogP contribution in [-0.4, -0.2) is 93.0 Å². The van der Waals surface area contributed by atoms with E-state index < -0.39 is 53.8 Å². The number of carbonyl (C=O) groups is 6. The normalized spacial score (nSPS) is 11.3. The number of nitrogens with one attached hydrogen (secondary N) is 3. The molecule has 0 aromatic carbocycles. The van der Waals surface area contributed by atoms with Crippen LogP contribution < -0.4 is 154 Å². The van der Waals surface area contributed by atoms with Crippen LogP contribution in [0.3, 0.4) is 0 Å². The van der Waals surface area contributed by atoms with Crippen LogP contribution in [0.2, 0.25) is 0 Å². The van der Waals surface area contributed by atoms with E-state index in [2.05, 4.69) is 16.0 Å². The number of unbranched alkanes of at least 4 members (excludes halogenated alkanes) is 3. The number of carboxylic acids is 3. The van der Waals surface area contributed by atoms with Crippen LogP contribution in [0, 0.1) is 0 Å². The molecular weight excluding hydrogens is 627 g/mol. The SMILES string of the molecule is NCCCC[C@H](NC(=O)CN)C(=O)[O-].NCCCC[C@H](NC(=O)CN)C(=O)[O-].NCCCC[C@H](NC(=O)CN)C(=O)[O-].[Na+].[Na+].[Na+]. The number of aliphatic carboxylic acids is 3. The first kappa shape index (κ1) is 56.9. The first-order valence-corrected chi connectivity index (χ1v) is 13.6. The Bertz CT molecular complexity index is 705. The molecule has 18 nitrogen and oxygen atoms in total. The van der Waals surface area contributed by atoms with Gasteiger partial charge >= 0.3 is 88.7 Å². The van der Waals surface area contributed by atoms with Crippen LogP contribution in [0.15, 0.2) is 0 Å². The number of rotatable bonds is 21. The zero-order chi connectivity index (χ0) is 32.9. The first-order chi connectivity index (χ1) is 19.8. The van der Waals surface area contributed by atoms with Crippen LogP contribution in [-0.2, 0) is 28.8 Å². The second-order valence-electron chi connectivity index (χ2n) is 8.78. The van der Waals surface area contributed by atoms with Crippen molar-refractivity contribution in [3.63, 3.8) is 0 Å². The van der Waals surface area contributed by atoms with E-state index in [4.69, 9.17) is 34.4 Å². The third-order valence-electron chi connectivity index (χ3n) is 5.26. The fourth-order valence-electron chi connectivity index (χ4n) is 2.98. The van der Waals surface area contributed by atoms with Gasteiger partial charge in [-0.2, -0.15) is 0 Å². The van der Waals surface area contributed by atoms with Crippen LogP contribution in [0.25, 0.3) is 0 Å². The van der Waals surface area contributed by atoms with Crippen molar-refractivity contribution >= 4 is 35.6 Å². The molecule has 15 N–H and O–H groups in total. The van der Waals surface area contributed by atoms with Gasteiger partial charge in [0.15, 0.2) is 0 Å². The molecule has 45 heavy (non-hydrogen) atoms. The molecule has 0 aliphatic rings. The van der Waals surface area contributed by atoms with Gasteiger partial charge in [0.05, 0.1) is 55.7 Å². The molecule has 0 aromatic rings. The van der Waals surface area contributed by atoms with Gasteiger partial charge in [-0.15, -0.1) is 0 Å². The molecule has 0 radical (unpaired) electrons. The largest absolute Gasteiger partial charge is 1.00 e. The van der Waals surface area contributed by atoms with Gasteiger partial charge in [0.1, 0.15) is 0 Å². The Morgan fingerprint density at radius 3 is 0.756 bits per heavy atom. The molecule has 0 aromatic heterocycles. The van der Waals surface area contributed by atoms with Crippen molar-refractivity contribution in [2.24, 2.45) is 34.4 Å². The van der Waals surface area contributed by atoms with E-state index >= 15 is 0 Å². The topological polar surface area (TPSA) is 364 Å². The summed E-state index contributed by atoms with van der Waals surface area (Å²) in [5.74, 6) is -5.35. The van der Waals surface area contributed by atoms with Gasteiger partial charge in [-0.3, -0.25) is 14.4 Å². The van der Waals surface area contributed by atoms with Gasteiger partial charge < -0.3 is 80.1 Å². The summed E-state index contributed by atoms with van der Waals surface area (Å²) >= 11 is 0. The molecule has 0 aliphatic heterocycles. The number of hydrogen-bond donors (Lipinski definition) is 9. The smallest absolute Gasteiger partial charge is 0.548 e. The molecular formula is C24H48N9Na3O9. The average molecular weight is 676 g/mol. The van der Waals surface area contributed by atoms with Crippen LogP contribution >= 0.6 is 0 Å². The van der Waals surface area contributed by atoms with E-state index in [0.29, 0.717) is 58.2 Å². The molecule has 21 heteroatoms. The molecule has 0 saturated carbocycles. The summed E-state index contributed by atoms with van der Waals surface area (Å²) in [7, 11) is 0. The second kappa shape index (κ2) is 39.8. The summed E-state index contributed by atoms with van der Waals surface area (Å²) in [6.07, 6.45) is 5.06. The van der Waals surface area contributed by atoms with Crippen molar-refractivity contribution in [2.75, 3.05) is 39.3 Å². The molecule has 3 atom stereocenters. The zero-order valence-corrected chi connectivity index (χ0v) is 33.0. The maximum Gasteiger partial charge on any atom is 1.00 e. The Labute approximate surface area is 330 Å². The van der Waals surface area contributed by atoms with Crippen LogP contribution in [0.1, 0.15) is 57.8 Å². The number of hydrogen-bond acceptors (Lipinski definition) is 15. The number of carboxylic acid groups (broad SMARTS) is 3. The number of nitrogens with two attached hydrogens (primary N) is 6. The third-order valence-corrected chi connectivity index (χ3v) is 5.26. The summed E-state index contributed by atoms with van der Waals surface area (Å²) in [5, 5.41) is 38.4. The predicted octanol–water partition coefficient (Wildman–Crippen LogP) is -17.1. The summed E-state index contributed by atoms with van der Waals surface area (Å²) < 4.78 is 0. The molecule has 0 unspecified atom stereocenters. The molecule has 0 heterocycles. The van der Waals surface area contributed by atoms with Crippen molar-refractivity contribution < 1.29 is 133 Å². The van der Waals surface area contributed by atoms with E-state index in [9.17, 15) is 44.1 Å². The molecule has 0 saturated heterocycles. The summed E-state index contributed by atoms with van der Waals surface area (Å²) in [6, 6.07) is -2.88. The van der Waals surface area contributed by atoms with Gasteiger partial charge in [0.2, 0.25) is 17.7 Å². The molecule has 0 aliphatic carbocycles. The quantitative estimate of drug-likeness (QED) is 0.0403. The van der Waals surface area contributed by atoms with E-state index in [1.807, 2.05) is 0 Å². The van der Waals surface area contributed by atoms with E-state index in [0.717, 1.165) is 19.3 Å². The van der Waals surface area contributed by atoms with Crippen molar-refractivity contribution in [1.29, 1.82) is 0 Å². The van der Waals surface area contributed by atoms with Gasteiger partial charge in [0, 0.05) is 0 Å². The first-order valence-electron chi connectivity index (χ1n) is 13.6. The van der Waals surface area contributed by atoms with Crippen molar-refractivity contribution in [1.82, 2.24) is 16.0 Å². The van der Waals surface area contributed by atoms with Crippen molar-refractivity contribution in [3.05, 3.63) is 0 Å². The number of carbonyl (C=O) groups excluding carboxylic acids is 6. The Kier molecular flexibility index (Phi) is 50.3. The fourth-order valence-corrected chi connectivity index (χ4v) is 2.98. The van der Waals surface area contributed by atoms with Gasteiger partial charge in [-0.25, -0.2) is 0 Å². The zero-order valence-electron chi connectivity index (χ0n) is 27.0. The minimum Gasteiger partial charge on any atom is -0.548 e. The van der Waals surface area contributed by atoms with E-state index in [-0.39, 0.29) is 108 Å². The summed E-state index contributed by atoms with van der Waals surface area (Å²) in [4.78, 5) is 64.1. The minimum atomic E-state index is -1.29. The Morgan fingerprint density at radius 1 is 0.422 bits per heavy atom. The van der Waals surface area contributed by atoms with Gasteiger partial charge in [0.25, 0.3) is 0 Å². The van der Waals surface area contributed by atoms with E-state index in [1.165, 1.54) is 0 Å². The molecule has 246 valence electrons. The van der Waals surface area contributed by atoms with Crippen molar-refractivity contribution in [2.45, 2.75) is 75.9 Å². The molecule has 0 spiro atoms.